The Morgan fingerprint density at radius 1 is 1.10 bits per heavy atom. The molecule has 1 aliphatic heterocycles. The van der Waals surface area contributed by atoms with E-state index in [1.165, 1.54) is 12.1 Å². The summed E-state index contributed by atoms with van der Waals surface area (Å²) in [5.74, 6) is -0.755. The van der Waals surface area contributed by atoms with Crippen LogP contribution in [0, 0.1) is 6.92 Å². The Kier molecular flexibility index (Phi) is 4.89. The van der Waals surface area contributed by atoms with Crippen molar-refractivity contribution in [1.82, 2.24) is 5.32 Å². The SMILES string of the molecule is Cc1c(C(=O)O)cccc1-c1ccc(C=C2NC(=O)N(c3ccc(Cl)cc3)C2=O)o1. The minimum Gasteiger partial charge on any atom is -0.478 e. The lowest BCUT2D eigenvalue weighted by Crippen LogP contribution is -2.30. The van der Waals surface area contributed by atoms with Gasteiger partial charge in [-0.15, -0.1) is 0 Å². The normalized spacial score (nSPS) is 15.0. The highest BCUT2D eigenvalue weighted by atomic mass is 35.5. The second-order valence-corrected chi connectivity index (χ2v) is 7.03. The average Bonchev–Trinajstić information content (AvgIpc) is 3.27. The number of urea groups is 1. The molecule has 7 nitrogen and oxygen atoms in total. The summed E-state index contributed by atoms with van der Waals surface area (Å²) in [5.41, 5.74) is 1.83. The van der Waals surface area contributed by atoms with E-state index < -0.39 is 17.9 Å². The molecule has 1 aliphatic rings. The Labute approximate surface area is 176 Å². The quantitative estimate of drug-likeness (QED) is 0.468. The molecule has 1 aromatic heterocycles. The third kappa shape index (κ3) is 3.46. The van der Waals surface area contributed by atoms with E-state index in [0.717, 1.165) is 4.90 Å². The number of nitrogens with one attached hydrogen (secondary N) is 1. The van der Waals surface area contributed by atoms with Gasteiger partial charge in [0.25, 0.3) is 5.91 Å². The highest BCUT2D eigenvalue weighted by Gasteiger charge is 2.35. The molecule has 2 aromatic carbocycles. The van der Waals surface area contributed by atoms with Crippen LogP contribution in [0.25, 0.3) is 17.4 Å². The van der Waals surface area contributed by atoms with Crippen LogP contribution in [-0.2, 0) is 4.79 Å². The highest BCUT2D eigenvalue weighted by Crippen LogP contribution is 2.29. The van der Waals surface area contributed by atoms with Crippen molar-refractivity contribution in [2.75, 3.05) is 4.90 Å². The number of rotatable bonds is 4. The largest absolute Gasteiger partial charge is 0.478 e. The van der Waals surface area contributed by atoms with Crippen molar-refractivity contribution in [2.45, 2.75) is 6.92 Å². The summed E-state index contributed by atoms with van der Waals surface area (Å²) in [6, 6.07) is 14.0. The lowest BCUT2D eigenvalue weighted by atomic mass is 10.0. The smallest absolute Gasteiger partial charge is 0.335 e. The maximum Gasteiger partial charge on any atom is 0.335 e. The van der Waals surface area contributed by atoms with Gasteiger partial charge in [-0.1, -0.05) is 23.7 Å². The second-order valence-electron chi connectivity index (χ2n) is 6.59. The molecule has 0 radical (unpaired) electrons. The molecule has 0 spiro atoms. The van der Waals surface area contributed by atoms with Gasteiger partial charge in [0.15, 0.2) is 0 Å². The van der Waals surface area contributed by atoms with Gasteiger partial charge >= 0.3 is 12.0 Å². The predicted molar refractivity (Wildman–Crippen MR) is 111 cm³/mol. The summed E-state index contributed by atoms with van der Waals surface area (Å²) >= 11 is 5.86. The zero-order valence-electron chi connectivity index (χ0n) is 15.7. The van der Waals surface area contributed by atoms with Crippen molar-refractivity contribution in [2.24, 2.45) is 0 Å². The van der Waals surface area contributed by atoms with E-state index >= 15 is 0 Å². The first kappa shape index (κ1) is 19.5. The first-order chi connectivity index (χ1) is 14.3. The molecule has 150 valence electrons. The van der Waals surface area contributed by atoms with E-state index in [9.17, 15) is 19.5 Å². The first-order valence-corrected chi connectivity index (χ1v) is 9.29. The third-order valence-corrected chi connectivity index (χ3v) is 4.96. The number of furan rings is 1. The fourth-order valence-electron chi connectivity index (χ4n) is 3.21. The van der Waals surface area contributed by atoms with Crippen molar-refractivity contribution in [3.05, 3.63) is 82.2 Å². The van der Waals surface area contributed by atoms with E-state index in [1.807, 2.05) is 0 Å². The fraction of sp³-hybridized carbons (Fsp3) is 0.0455. The molecule has 0 bridgehead atoms. The molecule has 0 saturated carbocycles. The van der Waals surface area contributed by atoms with Gasteiger partial charge in [-0.2, -0.15) is 0 Å². The fourth-order valence-corrected chi connectivity index (χ4v) is 3.34. The minimum absolute atomic E-state index is 0.0619. The predicted octanol–water partition coefficient (Wildman–Crippen LogP) is 4.70. The monoisotopic (exact) mass is 422 g/mol. The molecule has 0 atom stereocenters. The zero-order valence-corrected chi connectivity index (χ0v) is 16.4. The number of carbonyl (C=O) groups is 3. The number of amides is 3. The molecule has 4 rings (SSSR count). The van der Waals surface area contributed by atoms with Crippen LogP contribution in [0.3, 0.4) is 0 Å². The van der Waals surface area contributed by atoms with Gasteiger partial charge in [0, 0.05) is 16.7 Å². The summed E-state index contributed by atoms with van der Waals surface area (Å²) in [6.45, 7) is 1.70. The van der Waals surface area contributed by atoms with Gasteiger partial charge in [-0.25, -0.2) is 14.5 Å². The van der Waals surface area contributed by atoms with E-state index in [4.69, 9.17) is 16.0 Å². The summed E-state index contributed by atoms with van der Waals surface area (Å²) in [7, 11) is 0. The molecule has 3 aromatic rings. The standard InChI is InChI=1S/C22H15ClN2O5/c1-12-16(3-2-4-17(12)21(27)28)19-10-9-15(30-19)11-18-20(26)25(22(29)24-18)14-7-5-13(23)6-8-14/h2-11H,1H3,(H,24,29)(H,27,28). The van der Waals surface area contributed by atoms with Crippen LogP contribution in [0.1, 0.15) is 21.7 Å². The molecule has 0 aliphatic carbocycles. The zero-order chi connectivity index (χ0) is 21.4. The second kappa shape index (κ2) is 7.53. The molecule has 0 unspecified atom stereocenters. The van der Waals surface area contributed by atoms with Crippen molar-refractivity contribution in [1.29, 1.82) is 0 Å². The van der Waals surface area contributed by atoms with Crippen LogP contribution in [0.15, 0.2) is 64.7 Å². The molecule has 8 heteroatoms. The van der Waals surface area contributed by atoms with E-state index in [0.29, 0.717) is 33.4 Å². The Balaban J connectivity index is 1.63. The van der Waals surface area contributed by atoms with Crippen molar-refractivity contribution < 1.29 is 23.9 Å². The van der Waals surface area contributed by atoms with Crippen molar-refractivity contribution in [3.63, 3.8) is 0 Å². The summed E-state index contributed by atoms with van der Waals surface area (Å²) < 4.78 is 5.78. The number of hydrogen-bond acceptors (Lipinski definition) is 4. The topological polar surface area (TPSA) is 99.9 Å². The van der Waals surface area contributed by atoms with Gasteiger partial charge in [0.2, 0.25) is 0 Å². The van der Waals surface area contributed by atoms with Gasteiger partial charge in [0.1, 0.15) is 17.2 Å². The van der Waals surface area contributed by atoms with Gasteiger partial charge in [-0.05, 0) is 55.0 Å². The summed E-state index contributed by atoms with van der Waals surface area (Å²) in [5, 5.41) is 12.3. The van der Waals surface area contributed by atoms with Crippen LogP contribution in [0.5, 0.6) is 0 Å². The lowest BCUT2D eigenvalue weighted by molar-refractivity contribution is -0.113. The summed E-state index contributed by atoms with van der Waals surface area (Å²) in [4.78, 5) is 37.3. The number of carbonyl (C=O) groups excluding carboxylic acids is 2. The molecule has 3 amide bonds. The van der Waals surface area contributed by atoms with Crippen LogP contribution in [-0.4, -0.2) is 23.0 Å². The Hall–Kier alpha value is -3.84. The number of nitrogens with zero attached hydrogens (tertiary/aromatic N) is 1. The molecule has 2 N–H and O–H groups in total. The highest BCUT2D eigenvalue weighted by molar-refractivity contribution is 6.31. The molecule has 1 fully saturated rings. The van der Waals surface area contributed by atoms with Crippen LogP contribution in [0.2, 0.25) is 5.02 Å². The third-order valence-electron chi connectivity index (χ3n) is 4.71. The number of carboxylic acids is 1. The van der Waals surface area contributed by atoms with Gasteiger partial charge in [0.05, 0.1) is 11.3 Å². The number of carboxylic acid groups (broad SMARTS) is 1. The number of hydrogen-bond donors (Lipinski definition) is 2. The number of aromatic carboxylic acids is 1. The molecule has 2 heterocycles. The Bertz CT molecular complexity index is 1210. The van der Waals surface area contributed by atoms with Crippen LogP contribution in [0.4, 0.5) is 10.5 Å². The van der Waals surface area contributed by atoms with E-state index in [2.05, 4.69) is 5.32 Å². The van der Waals surface area contributed by atoms with Crippen LogP contribution >= 0.6 is 11.6 Å². The number of halogens is 1. The number of anilines is 1. The maximum atomic E-state index is 12.7. The van der Waals surface area contributed by atoms with Crippen molar-refractivity contribution >= 4 is 41.3 Å². The molecular formula is C22H15ClN2O5. The summed E-state index contributed by atoms with van der Waals surface area (Å²) in [6.07, 6.45) is 1.43. The number of benzene rings is 2. The van der Waals surface area contributed by atoms with Gasteiger partial charge in [-0.3, -0.25) is 4.79 Å². The van der Waals surface area contributed by atoms with E-state index in [-0.39, 0.29) is 11.3 Å². The average molecular weight is 423 g/mol. The number of imide groups is 1. The molecular weight excluding hydrogens is 408 g/mol. The minimum atomic E-state index is -1.02. The Morgan fingerprint density at radius 2 is 1.83 bits per heavy atom. The van der Waals surface area contributed by atoms with Crippen molar-refractivity contribution in [3.8, 4) is 11.3 Å². The van der Waals surface area contributed by atoms with E-state index in [1.54, 1.807) is 55.5 Å². The molecule has 1 saturated heterocycles. The Morgan fingerprint density at radius 3 is 2.53 bits per heavy atom. The van der Waals surface area contributed by atoms with Gasteiger partial charge < -0.3 is 14.8 Å². The first-order valence-electron chi connectivity index (χ1n) is 8.91. The maximum absolute atomic E-state index is 12.7. The lowest BCUT2D eigenvalue weighted by Gasteiger charge is -2.11. The molecule has 30 heavy (non-hydrogen) atoms. The van der Waals surface area contributed by atoms with Crippen LogP contribution < -0.4 is 10.2 Å².